The number of hydrogen-bond acceptors (Lipinski definition) is 5. The van der Waals surface area contributed by atoms with Crippen LogP contribution in [-0.2, 0) is 16.1 Å². The minimum atomic E-state index is -0.433. The molecule has 0 amide bonds. The number of unbranched alkanes of at least 4 members (excludes halogenated alkanes) is 1. The third kappa shape index (κ3) is 2.93. The molecule has 0 saturated carbocycles. The predicted octanol–water partition coefficient (Wildman–Crippen LogP) is 3.41. The molecule has 3 rings (SSSR count). The van der Waals surface area contributed by atoms with E-state index in [0.717, 1.165) is 12.8 Å². The number of hydrogen-bond donors (Lipinski definition) is 1. The molecule has 6 nitrogen and oxygen atoms in total. The lowest BCUT2D eigenvalue weighted by molar-refractivity contribution is -0.144. The van der Waals surface area contributed by atoms with Crippen LogP contribution in [0.3, 0.4) is 0 Å². The highest BCUT2D eigenvalue weighted by molar-refractivity contribution is 9.10. The summed E-state index contributed by atoms with van der Waals surface area (Å²) in [6.07, 6.45) is 3.06. The number of carbonyl (C=O) groups is 1. The van der Waals surface area contributed by atoms with E-state index in [2.05, 4.69) is 25.9 Å². The van der Waals surface area contributed by atoms with Gasteiger partial charge in [-0.3, -0.25) is 4.79 Å². The second kappa shape index (κ2) is 6.72. The largest absolute Gasteiger partial charge is 0.464 e. The molecule has 1 aromatic carbocycles. The van der Waals surface area contributed by atoms with Crippen molar-refractivity contribution in [1.29, 1.82) is 0 Å². The first-order chi connectivity index (χ1) is 11.5. The fourth-order valence-corrected chi connectivity index (χ4v) is 2.93. The molecule has 126 valence electrons. The number of nitrogen functional groups attached to an aromatic ring is 1. The average molecular weight is 395 g/mol. The summed E-state index contributed by atoms with van der Waals surface area (Å²) in [5.74, 6) is -0.554. The standard InChI is InChI=1S/C16H16BrFN4O2/c1-2-3-4-24-13(23)7-22-12-6-11(18)10(17)5-9(12)14-15(19)20-8-21-16(14)22/h5-6,8H,2-4,7H2,1H3,(H2,19,20,21). The first-order valence-electron chi connectivity index (χ1n) is 7.56. The average Bonchev–Trinajstić information content (AvgIpc) is 2.83. The molecule has 3 aromatic rings. The molecule has 0 bridgehead atoms. The molecule has 0 spiro atoms. The number of halogens is 2. The smallest absolute Gasteiger partial charge is 0.326 e. The molecule has 0 unspecified atom stereocenters. The summed E-state index contributed by atoms with van der Waals surface area (Å²) >= 11 is 3.17. The van der Waals surface area contributed by atoms with Crippen LogP contribution in [0.1, 0.15) is 19.8 Å². The number of rotatable bonds is 5. The van der Waals surface area contributed by atoms with E-state index < -0.39 is 11.8 Å². The van der Waals surface area contributed by atoms with E-state index in [1.54, 1.807) is 10.6 Å². The molecule has 2 heterocycles. The van der Waals surface area contributed by atoms with Gasteiger partial charge in [-0.15, -0.1) is 0 Å². The zero-order valence-corrected chi connectivity index (χ0v) is 14.6. The van der Waals surface area contributed by atoms with Gasteiger partial charge in [-0.2, -0.15) is 0 Å². The number of carbonyl (C=O) groups excluding carboxylic acids is 1. The Morgan fingerprint density at radius 1 is 1.42 bits per heavy atom. The van der Waals surface area contributed by atoms with Crippen molar-refractivity contribution in [3.05, 3.63) is 28.7 Å². The summed E-state index contributed by atoms with van der Waals surface area (Å²) in [6.45, 7) is 2.31. The summed E-state index contributed by atoms with van der Waals surface area (Å²) in [5, 5.41) is 1.27. The zero-order valence-electron chi connectivity index (χ0n) is 13.1. The Morgan fingerprint density at radius 2 is 2.21 bits per heavy atom. The van der Waals surface area contributed by atoms with Gasteiger partial charge in [0.05, 0.1) is 22.0 Å². The van der Waals surface area contributed by atoms with Gasteiger partial charge in [-0.05, 0) is 34.5 Å². The second-order valence-electron chi connectivity index (χ2n) is 5.40. The van der Waals surface area contributed by atoms with Crippen LogP contribution in [0.5, 0.6) is 0 Å². The summed E-state index contributed by atoms with van der Waals surface area (Å²) in [4.78, 5) is 20.3. The van der Waals surface area contributed by atoms with Crippen LogP contribution < -0.4 is 5.73 Å². The summed E-state index contributed by atoms with van der Waals surface area (Å²) < 4.78 is 21.1. The molecular weight excluding hydrogens is 379 g/mol. The summed E-state index contributed by atoms with van der Waals surface area (Å²) in [5.41, 5.74) is 6.96. The third-order valence-electron chi connectivity index (χ3n) is 3.76. The van der Waals surface area contributed by atoms with Gasteiger partial charge in [0.2, 0.25) is 0 Å². The predicted molar refractivity (Wildman–Crippen MR) is 93.0 cm³/mol. The fraction of sp³-hybridized carbons (Fsp3) is 0.312. The number of ether oxygens (including phenoxy) is 1. The van der Waals surface area contributed by atoms with Crippen molar-refractivity contribution in [3.63, 3.8) is 0 Å². The van der Waals surface area contributed by atoms with E-state index in [-0.39, 0.29) is 12.4 Å². The summed E-state index contributed by atoms with van der Waals surface area (Å²) in [7, 11) is 0. The van der Waals surface area contributed by atoms with Crippen molar-refractivity contribution in [2.75, 3.05) is 12.3 Å². The van der Waals surface area contributed by atoms with Gasteiger partial charge in [0, 0.05) is 5.39 Å². The Labute approximate surface area is 145 Å². The van der Waals surface area contributed by atoms with Gasteiger partial charge in [0.15, 0.2) is 0 Å². The highest BCUT2D eigenvalue weighted by Crippen LogP contribution is 2.33. The monoisotopic (exact) mass is 394 g/mol. The molecule has 2 aromatic heterocycles. The molecule has 0 fully saturated rings. The molecular formula is C16H16BrFN4O2. The molecule has 0 atom stereocenters. The van der Waals surface area contributed by atoms with Crippen molar-refractivity contribution in [2.24, 2.45) is 0 Å². The molecule has 0 aliphatic heterocycles. The van der Waals surface area contributed by atoms with Crippen molar-refractivity contribution < 1.29 is 13.9 Å². The molecule has 24 heavy (non-hydrogen) atoms. The van der Waals surface area contributed by atoms with Gasteiger partial charge in [-0.1, -0.05) is 13.3 Å². The van der Waals surface area contributed by atoms with Crippen molar-refractivity contribution in [2.45, 2.75) is 26.3 Å². The maximum absolute atomic E-state index is 14.0. The van der Waals surface area contributed by atoms with Crippen LogP contribution in [0.15, 0.2) is 22.9 Å². The number of nitrogens with zero attached hydrogens (tertiary/aromatic N) is 3. The second-order valence-corrected chi connectivity index (χ2v) is 6.26. The number of anilines is 1. The topological polar surface area (TPSA) is 83.0 Å². The van der Waals surface area contributed by atoms with Crippen LogP contribution in [0.4, 0.5) is 10.2 Å². The minimum absolute atomic E-state index is 0.0682. The molecule has 0 aliphatic rings. The van der Waals surface area contributed by atoms with Crippen LogP contribution >= 0.6 is 15.9 Å². The molecule has 2 N–H and O–H groups in total. The highest BCUT2D eigenvalue weighted by atomic mass is 79.9. The van der Waals surface area contributed by atoms with Gasteiger partial charge in [-0.25, -0.2) is 14.4 Å². The zero-order chi connectivity index (χ0) is 17.3. The fourth-order valence-electron chi connectivity index (χ4n) is 2.59. The lowest BCUT2D eigenvalue weighted by Crippen LogP contribution is -2.14. The lowest BCUT2D eigenvalue weighted by Gasteiger charge is -2.07. The van der Waals surface area contributed by atoms with Crippen LogP contribution in [0.25, 0.3) is 21.9 Å². The Balaban J connectivity index is 2.12. The van der Waals surface area contributed by atoms with Gasteiger partial charge < -0.3 is 15.0 Å². The van der Waals surface area contributed by atoms with E-state index in [1.165, 1.54) is 12.4 Å². The van der Waals surface area contributed by atoms with Crippen molar-refractivity contribution in [3.8, 4) is 0 Å². The van der Waals surface area contributed by atoms with Gasteiger partial charge >= 0.3 is 5.97 Å². The highest BCUT2D eigenvalue weighted by Gasteiger charge is 2.19. The first-order valence-corrected chi connectivity index (χ1v) is 8.35. The van der Waals surface area contributed by atoms with Crippen molar-refractivity contribution in [1.82, 2.24) is 14.5 Å². The number of benzene rings is 1. The Bertz CT molecular complexity index is 925. The normalized spacial score (nSPS) is 11.3. The maximum atomic E-state index is 14.0. The first kappa shape index (κ1) is 16.6. The lowest BCUT2D eigenvalue weighted by atomic mass is 10.2. The molecule has 0 saturated heterocycles. The van der Waals surface area contributed by atoms with Crippen LogP contribution in [0.2, 0.25) is 0 Å². The van der Waals surface area contributed by atoms with E-state index in [0.29, 0.717) is 33.0 Å². The maximum Gasteiger partial charge on any atom is 0.326 e. The Hall–Kier alpha value is -2.22. The van der Waals surface area contributed by atoms with E-state index >= 15 is 0 Å². The van der Waals surface area contributed by atoms with Crippen molar-refractivity contribution >= 4 is 49.7 Å². The molecule has 0 radical (unpaired) electrons. The van der Waals surface area contributed by atoms with Crippen LogP contribution in [0, 0.1) is 5.82 Å². The molecule has 0 aliphatic carbocycles. The Kier molecular flexibility index (Phi) is 4.66. The number of nitrogens with two attached hydrogens (primary N) is 1. The minimum Gasteiger partial charge on any atom is -0.464 e. The van der Waals surface area contributed by atoms with E-state index in [9.17, 15) is 9.18 Å². The SMILES string of the molecule is CCCCOC(=O)Cn1c2cc(F)c(Br)cc2c2c(N)ncnc21. The van der Waals surface area contributed by atoms with Crippen LogP contribution in [-0.4, -0.2) is 27.1 Å². The third-order valence-corrected chi connectivity index (χ3v) is 4.37. The summed E-state index contributed by atoms with van der Waals surface area (Å²) in [6, 6.07) is 2.96. The van der Waals surface area contributed by atoms with E-state index in [4.69, 9.17) is 10.5 Å². The number of aromatic nitrogens is 3. The van der Waals surface area contributed by atoms with Gasteiger partial charge in [0.25, 0.3) is 0 Å². The van der Waals surface area contributed by atoms with E-state index in [1.807, 2.05) is 6.92 Å². The number of fused-ring (bicyclic) bond motifs is 3. The quantitative estimate of drug-likeness (QED) is 0.529. The van der Waals surface area contributed by atoms with Gasteiger partial charge in [0.1, 0.15) is 30.2 Å². The molecule has 8 heteroatoms. The number of esters is 1. The Morgan fingerprint density at radius 3 is 2.96 bits per heavy atom.